The highest BCUT2D eigenvalue weighted by Gasteiger charge is 2.20. The van der Waals surface area contributed by atoms with Crippen LogP contribution in [0.25, 0.3) is 0 Å². The maximum atomic E-state index is 12.4. The zero-order chi connectivity index (χ0) is 25.7. The molecule has 180 valence electrons. The number of nitrogen functional groups attached to an aromatic ring is 1. The molecule has 1 aliphatic rings. The van der Waals surface area contributed by atoms with Gasteiger partial charge in [0, 0.05) is 25.8 Å². The molecule has 4 rings (SSSR count). The van der Waals surface area contributed by atoms with Crippen molar-refractivity contribution in [3.63, 3.8) is 0 Å². The standard InChI is InChI=1S/C17H20N4.C8H9F.2C2H4/c1-12-3-5-14(6-4-12)8-19-13(2)21-10-15-7-17(18)20-9-16(15)11-21;1-6-3-7(2)5-8(9)4-6;2*1-2/h3-7,9,19H,2,8,10-11H2,1H3,(H2,18,20);3-5H,1-2H3;2*1-2H2. The quantitative estimate of drug-likeness (QED) is 0.431. The molecule has 0 saturated carbocycles. The Hall–Kier alpha value is -3.86. The van der Waals surface area contributed by atoms with E-state index < -0.39 is 0 Å². The summed E-state index contributed by atoms with van der Waals surface area (Å²) in [6.45, 7) is 24.5. The summed E-state index contributed by atoms with van der Waals surface area (Å²) >= 11 is 0. The Morgan fingerprint density at radius 1 is 0.912 bits per heavy atom. The van der Waals surface area contributed by atoms with Gasteiger partial charge in [0.05, 0.1) is 5.82 Å². The summed E-state index contributed by atoms with van der Waals surface area (Å²) in [5, 5.41) is 3.39. The lowest BCUT2D eigenvalue weighted by atomic mass is 10.1. The molecule has 1 aromatic heterocycles. The third-order valence-electron chi connectivity index (χ3n) is 5.01. The van der Waals surface area contributed by atoms with Crippen LogP contribution in [0.1, 0.15) is 33.4 Å². The Balaban J connectivity index is 0.000000373. The highest BCUT2D eigenvalue weighted by Crippen LogP contribution is 2.25. The minimum Gasteiger partial charge on any atom is -0.384 e. The van der Waals surface area contributed by atoms with Gasteiger partial charge in [0.25, 0.3) is 0 Å². The average Bonchev–Trinajstić information content (AvgIpc) is 3.24. The van der Waals surface area contributed by atoms with Crippen molar-refractivity contribution in [1.82, 2.24) is 15.2 Å². The molecule has 3 aromatic rings. The van der Waals surface area contributed by atoms with Crippen molar-refractivity contribution in [3.8, 4) is 0 Å². The second kappa shape index (κ2) is 14.3. The Labute approximate surface area is 204 Å². The summed E-state index contributed by atoms with van der Waals surface area (Å²) in [5.74, 6) is 1.37. The van der Waals surface area contributed by atoms with Crippen molar-refractivity contribution in [2.24, 2.45) is 0 Å². The SMILES string of the molecule is C=C.C=C.C=C(NCc1ccc(C)cc1)N1Cc2cnc(N)cc2C1.Cc1cc(C)cc(F)c1. The van der Waals surface area contributed by atoms with Gasteiger partial charge in [-0.1, -0.05) is 42.5 Å². The maximum Gasteiger partial charge on any atom is 0.123 e. The number of benzene rings is 2. The fourth-order valence-corrected chi connectivity index (χ4v) is 3.43. The molecular weight excluding hydrogens is 423 g/mol. The second-order valence-corrected chi connectivity index (χ2v) is 7.83. The van der Waals surface area contributed by atoms with E-state index in [0.717, 1.165) is 36.6 Å². The molecule has 0 bridgehead atoms. The van der Waals surface area contributed by atoms with Crippen LogP contribution >= 0.6 is 0 Å². The minimum atomic E-state index is -0.146. The van der Waals surface area contributed by atoms with Gasteiger partial charge in [-0.25, -0.2) is 9.37 Å². The molecule has 0 unspecified atom stereocenters. The predicted molar refractivity (Wildman–Crippen MR) is 143 cm³/mol. The third kappa shape index (κ3) is 8.94. The summed E-state index contributed by atoms with van der Waals surface area (Å²) in [4.78, 5) is 6.36. The van der Waals surface area contributed by atoms with Crippen molar-refractivity contribution in [2.75, 3.05) is 5.73 Å². The molecule has 0 atom stereocenters. The second-order valence-electron chi connectivity index (χ2n) is 7.83. The van der Waals surface area contributed by atoms with Crippen LogP contribution in [0.4, 0.5) is 10.2 Å². The van der Waals surface area contributed by atoms with Gasteiger partial charge in [0.2, 0.25) is 0 Å². The number of hydrogen-bond donors (Lipinski definition) is 2. The summed E-state index contributed by atoms with van der Waals surface area (Å²) in [6.07, 6.45) is 1.86. The first kappa shape index (κ1) is 28.2. The van der Waals surface area contributed by atoms with E-state index in [1.165, 1.54) is 34.4 Å². The topological polar surface area (TPSA) is 54.2 Å². The number of aryl methyl sites for hydroxylation is 3. The monoisotopic (exact) mass is 460 g/mol. The number of rotatable bonds is 4. The van der Waals surface area contributed by atoms with Crippen LogP contribution in [0, 0.1) is 26.6 Å². The zero-order valence-electron chi connectivity index (χ0n) is 20.7. The van der Waals surface area contributed by atoms with Crippen LogP contribution < -0.4 is 11.1 Å². The normalized spacial score (nSPS) is 10.9. The first-order valence-electron chi connectivity index (χ1n) is 11.0. The van der Waals surface area contributed by atoms with Gasteiger partial charge in [-0.05, 0) is 66.8 Å². The number of nitrogens with two attached hydrogens (primary N) is 1. The minimum absolute atomic E-state index is 0.146. The number of hydrogen-bond acceptors (Lipinski definition) is 4. The third-order valence-corrected chi connectivity index (χ3v) is 5.01. The molecule has 0 amide bonds. The lowest BCUT2D eigenvalue weighted by Gasteiger charge is -2.21. The van der Waals surface area contributed by atoms with Crippen molar-refractivity contribution in [2.45, 2.75) is 40.4 Å². The largest absolute Gasteiger partial charge is 0.384 e. The molecule has 4 nitrogen and oxygen atoms in total. The predicted octanol–water partition coefficient (Wildman–Crippen LogP) is 6.60. The van der Waals surface area contributed by atoms with Gasteiger partial charge < -0.3 is 16.0 Å². The molecule has 0 aliphatic carbocycles. The van der Waals surface area contributed by atoms with E-state index in [4.69, 9.17) is 5.73 Å². The lowest BCUT2D eigenvalue weighted by Crippen LogP contribution is -2.26. The smallest absolute Gasteiger partial charge is 0.123 e. The Morgan fingerprint density at radius 3 is 2.03 bits per heavy atom. The van der Waals surface area contributed by atoms with E-state index in [-0.39, 0.29) is 5.82 Å². The number of pyridine rings is 1. The number of nitrogens with one attached hydrogen (secondary N) is 1. The Bertz CT molecular complexity index is 1010. The van der Waals surface area contributed by atoms with Crippen LogP contribution in [0.15, 0.2) is 93.4 Å². The van der Waals surface area contributed by atoms with Gasteiger partial charge in [0.1, 0.15) is 11.6 Å². The highest BCUT2D eigenvalue weighted by atomic mass is 19.1. The molecule has 1 aliphatic heterocycles. The summed E-state index contributed by atoms with van der Waals surface area (Å²) in [7, 11) is 0. The van der Waals surface area contributed by atoms with Crippen LogP contribution in [0.3, 0.4) is 0 Å². The molecule has 2 heterocycles. The average molecular weight is 461 g/mol. The van der Waals surface area contributed by atoms with E-state index in [0.29, 0.717) is 5.82 Å². The van der Waals surface area contributed by atoms with E-state index in [1.807, 2.05) is 32.2 Å². The van der Waals surface area contributed by atoms with Crippen LogP contribution in [-0.4, -0.2) is 9.88 Å². The zero-order valence-corrected chi connectivity index (χ0v) is 20.7. The molecule has 0 spiro atoms. The number of fused-ring (bicyclic) bond motifs is 1. The lowest BCUT2D eigenvalue weighted by molar-refractivity contribution is 0.334. The summed E-state index contributed by atoms with van der Waals surface area (Å²) < 4.78 is 12.4. The molecule has 0 fully saturated rings. The highest BCUT2D eigenvalue weighted by molar-refractivity contribution is 5.39. The van der Waals surface area contributed by atoms with E-state index in [1.54, 1.807) is 0 Å². The molecule has 3 N–H and O–H groups in total. The first-order valence-corrected chi connectivity index (χ1v) is 11.0. The number of anilines is 1. The van der Waals surface area contributed by atoms with E-state index in [2.05, 4.69) is 79.3 Å². The molecule has 0 saturated heterocycles. The molecule has 5 heteroatoms. The molecule has 34 heavy (non-hydrogen) atoms. The number of aromatic nitrogens is 1. The van der Waals surface area contributed by atoms with Gasteiger partial charge >= 0.3 is 0 Å². The van der Waals surface area contributed by atoms with Crippen molar-refractivity contribution >= 4 is 5.82 Å². The van der Waals surface area contributed by atoms with E-state index in [9.17, 15) is 4.39 Å². The fraction of sp³-hybridized carbons (Fsp3) is 0.207. The van der Waals surface area contributed by atoms with E-state index >= 15 is 0 Å². The molecular formula is C29H37FN4. The van der Waals surface area contributed by atoms with Crippen molar-refractivity contribution in [1.29, 1.82) is 0 Å². The Kier molecular flexibility index (Phi) is 11.9. The summed E-state index contributed by atoms with van der Waals surface area (Å²) in [6, 6.07) is 15.5. The number of nitrogens with zero attached hydrogens (tertiary/aromatic N) is 2. The van der Waals surface area contributed by atoms with Crippen LogP contribution in [-0.2, 0) is 19.6 Å². The van der Waals surface area contributed by atoms with Gasteiger partial charge in [-0.3, -0.25) is 0 Å². The first-order chi connectivity index (χ1) is 16.3. The van der Waals surface area contributed by atoms with Crippen LogP contribution in [0.2, 0.25) is 0 Å². The van der Waals surface area contributed by atoms with Gasteiger partial charge in [-0.15, -0.1) is 26.3 Å². The van der Waals surface area contributed by atoms with Gasteiger partial charge in [0.15, 0.2) is 0 Å². The Morgan fingerprint density at radius 2 is 1.47 bits per heavy atom. The maximum absolute atomic E-state index is 12.4. The van der Waals surface area contributed by atoms with Crippen molar-refractivity contribution < 1.29 is 4.39 Å². The number of halogens is 1. The van der Waals surface area contributed by atoms with Gasteiger partial charge in [-0.2, -0.15) is 0 Å². The fourth-order valence-electron chi connectivity index (χ4n) is 3.43. The van der Waals surface area contributed by atoms with Crippen molar-refractivity contribution in [3.05, 3.63) is 133 Å². The summed E-state index contributed by atoms with van der Waals surface area (Å²) in [5.41, 5.74) is 12.7. The van der Waals surface area contributed by atoms with Crippen LogP contribution in [0.5, 0.6) is 0 Å². The molecule has 2 aromatic carbocycles. The molecule has 0 radical (unpaired) electrons.